The number of nitro groups is 1. The molecule has 0 radical (unpaired) electrons. The van der Waals surface area contributed by atoms with Crippen LogP contribution in [0, 0.1) is 10.1 Å². The summed E-state index contributed by atoms with van der Waals surface area (Å²) in [6, 6.07) is 13.2. The molecule has 25 heavy (non-hydrogen) atoms. The van der Waals surface area contributed by atoms with Crippen molar-refractivity contribution in [2.24, 2.45) is 4.99 Å². The van der Waals surface area contributed by atoms with E-state index in [0.29, 0.717) is 12.2 Å². The molecular weight excluding hydrogens is 320 g/mol. The van der Waals surface area contributed by atoms with Crippen LogP contribution < -0.4 is 9.47 Å². The molecule has 0 fully saturated rings. The maximum absolute atomic E-state index is 11.5. The molecule has 0 aliphatic heterocycles. The molecule has 0 aliphatic rings. The highest BCUT2D eigenvalue weighted by molar-refractivity contribution is 5.80. The van der Waals surface area contributed by atoms with Gasteiger partial charge in [-0.3, -0.25) is 15.1 Å². The molecule has 0 saturated carbocycles. The first-order valence-corrected chi connectivity index (χ1v) is 8.03. The van der Waals surface area contributed by atoms with E-state index in [1.807, 2.05) is 36.4 Å². The first kappa shape index (κ1) is 18.4. The van der Waals surface area contributed by atoms with Gasteiger partial charge < -0.3 is 9.47 Å². The SMILES string of the molecule is CCC(C(N=Cc1ccc(OC)cc1)c1ccc(OC)cc1)[N+](=O)[O-]. The average Bonchev–Trinajstić information content (AvgIpc) is 2.65. The number of aliphatic imine (C=N–C) groups is 1. The first-order chi connectivity index (χ1) is 12.1. The van der Waals surface area contributed by atoms with E-state index in [9.17, 15) is 10.1 Å². The topological polar surface area (TPSA) is 74.0 Å². The number of nitrogens with zero attached hydrogens (tertiary/aromatic N) is 2. The summed E-state index contributed by atoms with van der Waals surface area (Å²) >= 11 is 0. The predicted molar refractivity (Wildman–Crippen MR) is 97.4 cm³/mol. The summed E-state index contributed by atoms with van der Waals surface area (Å²) in [6.45, 7) is 1.80. The number of benzene rings is 2. The van der Waals surface area contributed by atoms with Crippen LogP contribution in [0.5, 0.6) is 11.5 Å². The fourth-order valence-corrected chi connectivity index (χ4v) is 2.55. The highest BCUT2D eigenvalue weighted by Gasteiger charge is 2.30. The first-order valence-electron chi connectivity index (χ1n) is 8.03. The molecule has 132 valence electrons. The molecule has 0 heterocycles. The third-order valence-electron chi connectivity index (χ3n) is 4.01. The summed E-state index contributed by atoms with van der Waals surface area (Å²) in [5.74, 6) is 1.45. The smallest absolute Gasteiger partial charge is 0.238 e. The van der Waals surface area contributed by atoms with E-state index in [0.717, 1.165) is 16.9 Å². The third-order valence-corrected chi connectivity index (χ3v) is 4.01. The van der Waals surface area contributed by atoms with E-state index in [1.54, 1.807) is 39.5 Å². The minimum absolute atomic E-state index is 0.264. The Morgan fingerprint density at radius 1 is 1.04 bits per heavy atom. The van der Waals surface area contributed by atoms with Crippen molar-refractivity contribution in [1.29, 1.82) is 0 Å². The van der Waals surface area contributed by atoms with Crippen molar-refractivity contribution in [3.05, 3.63) is 69.8 Å². The second kappa shape index (κ2) is 8.82. The Bertz CT molecular complexity index is 711. The van der Waals surface area contributed by atoms with E-state index < -0.39 is 12.1 Å². The van der Waals surface area contributed by atoms with Crippen molar-refractivity contribution >= 4 is 6.21 Å². The molecule has 0 saturated heterocycles. The summed E-state index contributed by atoms with van der Waals surface area (Å²) in [5.41, 5.74) is 1.65. The summed E-state index contributed by atoms with van der Waals surface area (Å²) in [6.07, 6.45) is 2.06. The Morgan fingerprint density at radius 3 is 2.00 bits per heavy atom. The Labute approximate surface area is 147 Å². The van der Waals surface area contributed by atoms with Crippen LogP contribution in [-0.2, 0) is 0 Å². The number of ether oxygens (including phenoxy) is 2. The van der Waals surface area contributed by atoms with Crippen LogP contribution in [0.4, 0.5) is 0 Å². The van der Waals surface area contributed by atoms with Gasteiger partial charge >= 0.3 is 0 Å². The molecule has 0 aliphatic carbocycles. The van der Waals surface area contributed by atoms with Gasteiger partial charge in [-0.15, -0.1) is 0 Å². The van der Waals surface area contributed by atoms with Crippen LogP contribution in [0.1, 0.15) is 30.5 Å². The molecule has 2 aromatic rings. The van der Waals surface area contributed by atoms with Crippen LogP contribution in [0.15, 0.2) is 53.5 Å². The van der Waals surface area contributed by atoms with E-state index in [-0.39, 0.29) is 4.92 Å². The van der Waals surface area contributed by atoms with Gasteiger partial charge in [-0.25, -0.2) is 0 Å². The summed E-state index contributed by atoms with van der Waals surface area (Å²) in [7, 11) is 3.19. The zero-order chi connectivity index (χ0) is 18.2. The zero-order valence-corrected chi connectivity index (χ0v) is 14.6. The van der Waals surface area contributed by atoms with Gasteiger partial charge in [0.1, 0.15) is 17.5 Å². The molecule has 0 spiro atoms. The molecule has 0 N–H and O–H groups in total. The lowest BCUT2D eigenvalue weighted by molar-refractivity contribution is -0.527. The van der Waals surface area contributed by atoms with Gasteiger partial charge in [-0.05, 0) is 47.5 Å². The molecular formula is C19H22N2O4. The molecule has 2 rings (SSSR count). The fourth-order valence-electron chi connectivity index (χ4n) is 2.55. The number of hydrogen-bond donors (Lipinski definition) is 0. The Hall–Kier alpha value is -2.89. The highest BCUT2D eigenvalue weighted by atomic mass is 16.6. The van der Waals surface area contributed by atoms with Crippen molar-refractivity contribution in [2.45, 2.75) is 25.4 Å². The van der Waals surface area contributed by atoms with Gasteiger partial charge in [0.05, 0.1) is 14.2 Å². The molecule has 2 unspecified atom stereocenters. The second-order valence-electron chi connectivity index (χ2n) is 5.53. The monoisotopic (exact) mass is 342 g/mol. The molecule has 0 bridgehead atoms. The minimum atomic E-state index is -0.789. The largest absolute Gasteiger partial charge is 0.497 e. The summed E-state index contributed by atoms with van der Waals surface area (Å²) < 4.78 is 10.3. The van der Waals surface area contributed by atoms with Crippen molar-refractivity contribution < 1.29 is 14.4 Å². The van der Waals surface area contributed by atoms with Crippen molar-refractivity contribution in [3.8, 4) is 11.5 Å². The lowest BCUT2D eigenvalue weighted by Crippen LogP contribution is -2.26. The van der Waals surface area contributed by atoms with E-state index >= 15 is 0 Å². The Kier molecular flexibility index (Phi) is 6.51. The maximum atomic E-state index is 11.5. The molecule has 6 heteroatoms. The molecule has 2 atom stereocenters. The van der Waals surface area contributed by atoms with Crippen molar-refractivity contribution in [2.75, 3.05) is 14.2 Å². The van der Waals surface area contributed by atoms with Gasteiger partial charge in [0, 0.05) is 17.6 Å². The van der Waals surface area contributed by atoms with Gasteiger partial charge in [0.15, 0.2) is 0 Å². The zero-order valence-electron chi connectivity index (χ0n) is 14.6. The normalized spacial score (nSPS) is 13.4. The number of methoxy groups -OCH3 is 2. The standard InChI is InChI=1S/C19H22N2O4/c1-4-18(21(22)23)19(15-7-11-17(25-3)12-8-15)20-13-14-5-9-16(24-2)10-6-14/h5-13,18-19H,4H2,1-3H3. The lowest BCUT2D eigenvalue weighted by atomic mass is 9.98. The lowest BCUT2D eigenvalue weighted by Gasteiger charge is -2.17. The molecule has 0 amide bonds. The molecule has 2 aromatic carbocycles. The number of hydrogen-bond acceptors (Lipinski definition) is 5. The van der Waals surface area contributed by atoms with Gasteiger partial charge in [0.25, 0.3) is 0 Å². The second-order valence-corrected chi connectivity index (χ2v) is 5.53. The average molecular weight is 342 g/mol. The molecule has 0 aromatic heterocycles. The fraction of sp³-hybridized carbons (Fsp3) is 0.316. The quantitative estimate of drug-likeness (QED) is 0.414. The highest BCUT2D eigenvalue weighted by Crippen LogP contribution is 2.27. The van der Waals surface area contributed by atoms with Crippen molar-refractivity contribution in [3.63, 3.8) is 0 Å². The minimum Gasteiger partial charge on any atom is -0.497 e. The van der Waals surface area contributed by atoms with Crippen LogP contribution in [0.3, 0.4) is 0 Å². The van der Waals surface area contributed by atoms with Gasteiger partial charge in [-0.2, -0.15) is 0 Å². The van der Waals surface area contributed by atoms with E-state index in [4.69, 9.17) is 9.47 Å². The maximum Gasteiger partial charge on any atom is 0.238 e. The van der Waals surface area contributed by atoms with E-state index in [2.05, 4.69) is 4.99 Å². The van der Waals surface area contributed by atoms with Crippen molar-refractivity contribution in [1.82, 2.24) is 0 Å². The Morgan fingerprint density at radius 2 is 1.56 bits per heavy atom. The third kappa shape index (κ3) is 4.79. The van der Waals surface area contributed by atoms with Gasteiger partial charge in [-0.1, -0.05) is 19.1 Å². The summed E-state index contributed by atoms with van der Waals surface area (Å²) in [4.78, 5) is 15.7. The van der Waals surface area contributed by atoms with E-state index in [1.165, 1.54) is 0 Å². The van der Waals surface area contributed by atoms with Crippen LogP contribution in [0.25, 0.3) is 0 Å². The van der Waals surface area contributed by atoms with Crippen LogP contribution >= 0.6 is 0 Å². The van der Waals surface area contributed by atoms with Gasteiger partial charge in [0.2, 0.25) is 6.04 Å². The Balaban J connectivity index is 2.32. The van der Waals surface area contributed by atoms with Crippen LogP contribution in [-0.4, -0.2) is 31.4 Å². The van der Waals surface area contributed by atoms with Crippen LogP contribution in [0.2, 0.25) is 0 Å². The predicted octanol–water partition coefficient (Wildman–Crippen LogP) is 3.92. The molecule has 6 nitrogen and oxygen atoms in total. The summed E-state index contributed by atoms with van der Waals surface area (Å²) in [5, 5.41) is 11.5. The number of rotatable bonds is 8.